The highest BCUT2D eigenvalue weighted by Gasteiger charge is 2.54. The number of nitrogens with zero attached hydrogens (tertiary/aromatic N) is 1. The molecule has 10 nitrogen and oxygen atoms in total. The molecule has 4 aliphatic heterocycles. The van der Waals surface area contributed by atoms with Gasteiger partial charge in [0.05, 0.1) is 6.61 Å². The van der Waals surface area contributed by atoms with Gasteiger partial charge in [0.2, 0.25) is 5.85 Å². The first kappa shape index (κ1) is 19.9. The van der Waals surface area contributed by atoms with Crippen molar-refractivity contribution < 1.29 is 46.3 Å². The van der Waals surface area contributed by atoms with Crippen molar-refractivity contribution in [2.45, 2.75) is 43.5 Å². The zero-order chi connectivity index (χ0) is 21.1. The van der Waals surface area contributed by atoms with Crippen molar-refractivity contribution in [3.05, 3.63) is 41.9 Å². The molecule has 0 saturated carbocycles. The summed E-state index contributed by atoms with van der Waals surface area (Å²) >= 11 is 0. The van der Waals surface area contributed by atoms with Crippen molar-refractivity contribution >= 4 is 13.9 Å². The lowest BCUT2D eigenvalue weighted by Crippen LogP contribution is -2.47. The number of amides is 2. The minimum absolute atomic E-state index is 0.0543. The van der Waals surface area contributed by atoms with Gasteiger partial charge in [-0.25, -0.2) is 18.1 Å². The summed E-state index contributed by atoms with van der Waals surface area (Å²) in [5.41, 5.74) is 0.651. The first-order valence-corrected chi connectivity index (χ1v) is 10.5. The van der Waals surface area contributed by atoms with Gasteiger partial charge in [0, 0.05) is 18.2 Å². The standard InChI is InChI=1S/C17H17F2N2O8P/c18-10-6-21(16(23)20-14-13(10)27-14)15-11(22)5-17(19,28-15)8-26-30(24)25-7-9-3-1-2-4-12(9)29-30/h1-4,6,11,13-15,22H,5,7-8H2,(H,20,23)/t11-,13?,14?,15-,17+,30?/m1/s1. The minimum atomic E-state index is -4.13. The fourth-order valence-electron chi connectivity index (χ4n) is 3.42. The van der Waals surface area contributed by atoms with Crippen LogP contribution in [0.15, 0.2) is 36.3 Å². The summed E-state index contributed by atoms with van der Waals surface area (Å²) in [6.45, 7) is -0.961. The molecule has 1 aromatic carbocycles. The van der Waals surface area contributed by atoms with E-state index in [1.165, 1.54) is 0 Å². The van der Waals surface area contributed by atoms with E-state index in [4.69, 9.17) is 23.0 Å². The average molecular weight is 446 g/mol. The Morgan fingerprint density at radius 3 is 3.03 bits per heavy atom. The predicted molar refractivity (Wildman–Crippen MR) is 93.0 cm³/mol. The third-order valence-corrected chi connectivity index (χ3v) is 6.29. The number of rotatable bonds is 4. The van der Waals surface area contributed by atoms with Gasteiger partial charge in [-0.2, -0.15) is 0 Å². The topological polar surface area (TPSA) is 119 Å². The van der Waals surface area contributed by atoms with Crippen LogP contribution in [0.4, 0.5) is 13.6 Å². The first-order valence-electron chi connectivity index (χ1n) is 9.08. The minimum Gasteiger partial charge on any atom is -0.404 e. The molecule has 0 aromatic heterocycles. The summed E-state index contributed by atoms with van der Waals surface area (Å²) in [7, 11) is -4.13. The van der Waals surface area contributed by atoms with Crippen LogP contribution in [0.1, 0.15) is 12.0 Å². The van der Waals surface area contributed by atoms with E-state index >= 15 is 4.39 Å². The summed E-state index contributed by atoms with van der Waals surface area (Å²) in [4.78, 5) is 12.9. The highest BCUT2D eigenvalue weighted by atomic mass is 31.2. The van der Waals surface area contributed by atoms with E-state index in [0.717, 1.165) is 6.20 Å². The van der Waals surface area contributed by atoms with E-state index in [9.17, 15) is 18.9 Å². The molecular formula is C17H17F2N2O8P. The predicted octanol–water partition coefficient (Wildman–Crippen LogP) is 2.05. The summed E-state index contributed by atoms with van der Waals surface area (Å²) < 4.78 is 67.3. The van der Waals surface area contributed by atoms with Crippen LogP contribution in [0.5, 0.6) is 5.75 Å². The Kier molecular flexibility index (Phi) is 4.62. The first-order chi connectivity index (χ1) is 14.3. The van der Waals surface area contributed by atoms with Gasteiger partial charge in [-0.1, -0.05) is 18.2 Å². The van der Waals surface area contributed by atoms with Crippen LogP contribution in [0.3, 0.4) is 0 Å². The van der Waals surface area contributed by atoms with Crippen LogP contribution in [0, 0.1) is 0 Å². The fourth-order valence-corrected chi connectivity index (χ4v) is 4.67. The number of hydrogen-bond acceptors (Lipinski definition) is 8. The number of phosphoric ester groups is 1. The molecule has 2 fully saturated rings. The lowest BCUT2D eigenvalue weighted by atomic mass is 10.1. The van der Waals surface area contributed by atoms with Gasteiger partial charge in [-0.05, 0) is 6.07 Å². The molecule has 1 aromatic rings. The second-order valence-corrected chi connectivity index (χ2v) is 8.80. The van der Waals surface area contributed by atoms with Gasteiger partial charge in [-0.15, -0.1) is 0 Å². The number of aliphatic hydroxyl groups excluding tert-OH is 1. The second kappa shape index (κ2) is 6.98. The molecule has 0 aliphatic carbocycles. The maximum Gasteiger partial charge on any atom is 0.530 e. The molecule has 6 atom stereocenters. The van der Waals surface area contributed by atoms with Crippen molar-refractivity contribution in [2.75, 3.05) is 6.61 Å². The number of urea groups is 1. The molecule has 0 bridgehead atoms. The maximum absolute atomic E-state index is 15.2. The number of benzene rings is 1. The number of ether oxygens (including phenoxy) is 2. The van der Waals surface area contributed by atoms with Crippen LogP contribution in [0.25, 0.3) is 0 Å². The number of alkyl halides is 1. The number of phosphoric acid groups is 1. The Morgan fingerprint density at radius 1 is 1.40 bits per heavy atom. The van der Waals surface area contributed by atoms with Crippen molar-refractivity contribution in [3.63, 3.8) is 0 Å². The van der Waals surface area contributed by atoms with Crippen molar-refractivity contribution in [3.8, 4) is 5.75 Å². The lowest BCUT2D eigenvalue weighted by molar-refractivity contribution is -0.180. The molecule has 4 heterocycles. The summed E-state index contributed by atoms with van der Waals surface area (Å²) in [5, 5.41) is 12.6. The number of halogens is 2. The van der Waals surface area contributed by atoms with Gasteiger partial charge >= 0.3 is 13.9 Å². The number of hydrogen-bond donors (Lipinski definition) is 2. The van der Waals surface area contributed by atoms with Gasteiger partial charge in [0.15, 0.2) is 18.6 Å². The van der Waals surface area contributed by atoms with Crippen molar-refractivity contribution in [1.82, 2.24) is 10.2 Å². The van der Waals surface area contributed by atoms with E-state index in [1.807, 2.05) is 0 Å². The monoisotopic (exact) mass is 446 g/mol. The zero-order valence-electron chi connectivity index (χ0n) is 15.3. The molecule has 0 radical (unpaired) electrons. The van der Waals surface area contributed by atoms with Crippen molar-refractivity contribution in [1.29, 1.82) is 0 Å². The summed E-state index contributed by atoms with van der Waals surface area (Å²) in [6.07, 6.45) is -4.58. The molecule has 13 heteroatoms. The second-order valence-electron chi connectivity index (χ2n) is 7.20. The fraction of sp³-hybridized carbons (Fsp3) is 0.471. The molecule has 4 aliphatic rings. The lowest BCUT2D eigenvalue weighted by Gasteiger charge is -2.29. The van der Waals surface area contributed by atoms with Crippen LogP contribution >= 0.6 is 7.82 Å². The van der Waals surface area contributed by atoms with E-state index in [1.54, 1.807) is 24.3 Å². The van der Waals surface area contributed by atoms with E-state index < -0.39 is 63.2 Å². The maximum atomic E-state index is 15.2. The molecule has 162 valence electrons. The summed E-state index contributed by atoms with van der Waals surface area (Å²) in [5.74, 6) is -3.11. The third-order valence-electron chi connectivity index (χ3n) is 4.97. The molecule has 2 saturated heterocycles. The number of para-hydroxylation sites is 1. The number of aliphatic hydroxyl groups is 1. The Morgan fingerprint density at radius 2 is 2.20 bits per heavy atom. The average Bonchev–Trinajstić information content (AvgIpc) is 3.42. The zero-order valence-corrected chi connectivity index (χ0v) is 16.2. The van der Waals surface area contributed by atoms with Gasteiger partial charge in [0.1, 0.15) is 24.3 Å². The smallest absolute Gasteiger partial charge is 0.404 e. The molecule has 30 heavy (non-hydrogen) atoms. The number of nitrogens with one attached hydrogen (secondary N) is 1. The highest BCUT2D eigenvalue weighted by Crippen LogP contribution is 2.55. The van der Waals surface area contributed by atoms with E-state index in [0.29, 0.717) is 10.5 Å². The number of fused-ring (bicyclic) bond motifs is 2. The normalized spacial score (nSPS) is 39.9. The van der Waals surface area contributed by atoms with Crippen molar-refractivity contribution in [2.24, 2.45) is 0 Å². The van der Waals surface area contributed by atoms with Gasteiger partial charge < -0.3 is 24.4 Å². The van der Waals surface area contributed by atoms with E-state index in [-0.39, 0.29) is 12.4 Å². The largest absolute Gasteiger partial charge is 0.530 e. The number of carbonyl (C=O) groups is 1. The van der Waals surface area contributed by atoms with Gasteiger partial charge in [0.25, 0.3) is 0 Å². The van der Waals surface area contributed by atoms with Crippen LogP contribution < -0.4 is 9.84 Å². The third kappa shape index (κ3) is 3.59. The Balaban J connectivity index is 1.26. The summed E-state index contributed by atoms with van der Waals surface area (Å²) in [6, 6.07) is 5.87. The number of carbonyl (C=O) groups excluding carboxylic acids is 1. The van der Waals surface area contributed by atoms with Crippen LogP contribution in [0.2, 0.25) is 0 Å². The molecule has 3 unspecified atom stereocenters. The van der Waals surface area contributed by atoms with Crippen LogP contribution in [-0.4, -0.2) is 53.2 Å². The molecule has 5 rings (SSSR count). The highest BCUT2D eigenvalue weighted by molar-refractivity contribution is 7.49. The molecular weight excluding hydrogens is 429 g/mol. The quantitative estimate of drug-likeness (QED) is 0.533. The van der Waals surface area contributed by atoms with Gasteiger partial charge in [-0.3, -0.25) is 13.9 Å². The molecule has 2 amide bonds. The van der Waals surface area contributed by atoms with Crippen LogP contribution in [-0.2, 0) is 29.7 Å². The van der Waals surface area contributed by atoms with E-state index in [2.05, 4.69) is 5.32 Å². The SMILES string of the molecule is O=C1NC2OC2C(F)=CN1[C@@H]1O[C@](F)(COP2(=O)OCc3ccccc3O2)C[C@H]1O. The Labute approximate surface area is 168 Å². The number of epoxide rings is 1. The Bertz CT molecular complexity index is 963. The Hall–Kier alpha value is -2.08. The molecule has 0 spiro atoms. The molecule has 2 N–H and O–H groups in total.